The Bertz CT molecular complexity index is 536. The maximum atomic E-state index is 11.9. The molecule has 0 saturated heterocycles. The SMILES string of the molecule is CC1CN=C(NC(=O)c2cccc([N+](=O)[O-])c2)S1.Cl. The van der Waals surface area contributed by atoms with E-state index >= 15 is 0 Å². The second-order valence-corrected chi connectivity index (χ2v) is 5.26. The van der Waals surface area contributed by atoms with Gasteiger partial charge in [0.15, 0.2) is 5.17 Å². The molecule has 1 amide bonds. The Kier molecular flexibility index (Phi) is 5.31. The highest BCUT2D eigenvalue weighted by Crippen LogP contribution is 2.19. The molecule has 1 atom stereocenters. The topological polar surface area (TPSA) is 84.6 Å². The maximum Gasteiger partial charge on any atom is 0.270 e. The lowest BCUT2D eigenvalue weighted by molar-refractivity contribution is -0.384. The van der Waals surface area contributed by atoms with Crippen LogP contribution >= 0.6 is 24.2 Å². The molecule has 0 radical (unpaired) electrons. The van der Waals surface area contributed by atoms with Gasteiger partial charge < -0.3 is 5.32 Å². The van der Waals surface area contributed by atoms with Gasteiger partial charge in [0.05, 0.1) is 11.5 Å². The molecule has 1 aromatic rings. The highest BCUT2D eigenvalue weighted by atomic mass is 35.5. The number of hydrogen-bond acceptors (Lipinski definition) is 5. The molecule has 8 heteroatoms. The standard InChI is InChI=1S/C11H11N3O3S.ClH/c1-7-6-12-11(18-7)13-10(15)8-3-2-4-9(5-8)14(16)17;/h2-5,7H,6H2,1H3,(H,12,13,15);1H. The summed E-state index contributed by atoms with van der Waals surface area (Å²) in [6.07, 6.45) is 0. The monoisotopic (exact) mass is 301 g/mol. The summed E-state index contributed by atoms with van der Waals surface area (Å²) >= 11 is 1.48. The number of rotatable bonds is 2. The van der Waals surface area contributed by atoms with Crippen molar-refractivity contribution in [3.8, 4) is 0 Å². The van der Waals surface area contributed by atoms with Crippen molar-refractivity contribution in [2.24, 2.45) is 4.99 Å². The predicted molar refractivity (Wildman–Crippen MR) is 77.2 cm³/mol. The minimum absolute atomic E-state index is 0. The quantitative estimate of drug-likeness (QED) is 0.670. The number of nitrogens with one attached hydrogen (secondary N) is 1. The normalized spacial score (nSPS) is 17.3. The zero-order valence-corrected chi connectivity index (χ0v) is 11.7. The Balaban J connectivity index is 0.00000180. The van der Waals surface area contributed by atoms with E-state index in [1.807, 2.05) is 6.92 Å². The smallest absolute Gasteiger partial charge is 0.270 e. The third kappa shape index (κ3) is 3.93. The second-order valence-electron chi connectivity index (χ2n) is 3.84. The Morgan fingerprint density at radius 3 is 2.89 bits per heavy atom. The number of amides is 1. The third-order valence-corrected chi connectivity index (χ3v) is 3.35. The van der Waals surface area contributed by atoms with Crippen molar-refractivity contribution in [3.05, 3.63) is 39.9 Å². The molecule has 1 aliphatic rings. The fourth-order valence-corrected chi connectivity index (χ4v) is 2.31. The van der Waals surface area contributed by atoms with E-state index in [0.717, 1.165) is 0 Å². The summed E-state index contributed by atoms with van der Waals surface area (Å²) in [6.45, 7) is 2.69. The van der Waals surface area contributed by atoms with Gasteiger partial charge in [-0.1, -0.05) is 24.8 Å². The molecule has 6 nitrogen and oxygen atoms in total. The van der Waals surface area contributed by atoms with E-state index in [-0.39, 0.29) is 29.6 Å². The molecular formula is C11H12ClN3O3S. The van der Waals surface area contributed by atoms with E-state index in [4.69, 9.17) is 0 Å². The summed E-state index contributed by atoms with van der Waals surface area (Å²) in [5.74, 6) is -0.376. The molecule has 1 heterocycles. The van der Waals surface area contributed by atoms with E-state index in [1.54, 1.807) is 0 Å². The highest BCUT2D eigenvalue weighted by molar-refractivity contribution is 8.14. The van der Waals surface area contributed by atoms with E-state index < -0.39 is 4.92 Å². The summed E-state index contributed by atoms with van der Waals surface area (Å²) in [4.78, 5) is 26.1. The third-order valence-electron chi connectivity index (χ3n) is 2.34. The van der Waals surface area contributed by atoms with Gasteiger partial charge in [-0.05, 0) is 6.07 Å². The van der Waals surface area contributed by atoms with E-state index in [2.05, 4.69) is 10.3 Å². The van der Waals surface area contributed by atoms with Crippen LogP contribution in [0, 0.1) is 10.1 Å². The van der Waals surface area contributed by atoms with Crippen LogP contribution in [0.2, 0.25) is 0 Å². The number of benzene rings is 1. The number of non-ortho nitro benzene ring substituents is 1. The number of aliphatic imine (C=N–C) groups is 1. The summed E-state index contributed by atoms with van der Waals surface area (Å²) in [5, 5.41) is 14.2. The molecule has 0 saturated carbocycles. The van der Waals surface area contributed by atoms with Crippen molar-refractivity contribution >= 4 is 40.9 Å². The molecular weight excluding hydrogens is 290 g/mol. The van der Waals surface area contributed by atoms with Gasteiger partial charge in [-0.25, -0.2) is 0 Å². The number of nitro benzene ring substituents is 1. The first-order chi connectivity index (χ1) is 8.56. The largest absolute Gasteiger partial charge is 0.301 e. The fourth-order valence-electron chi connectivity index (χ4n) is 1.48. The Morgan fingerprint density at radius 1 is 1.58 bits per heavy atom. The van der Waals surface area contributed by atoms with Gasteiger partial charge in [0.2, 0.25) is 0 Å². The minimum Gasteiger partial charge on any atom is -0.301 e. The Morgan fingerprint density at radius 2 is 2.32 bits per heavy atom. The number of thioether (sulfide) groups is 1. The average Bonchev–Trinajstić information content (AvgIpc) is 2.75. The molecule has 0 aromatic heterocycles. The van der Waals surface area contributed by atoms with Crippen molar-refractivity contribution in [1.29, 1.82) is 0 Å². The highest BCUT2D eigenvalue weighted by Gasteiger charge is 2.18. The van der Waals surface area contributed by atoms with Gasteiger partial charge in [0.25, 0.3) is 11.6 Å². The number of nitro groups is 1. The summed E-state index contributed by atoms with van der Waals surface area (Å²) in [5.41, 5.74) is 0.157. The lowest BCUT2D eigenvalue weighted by atomic mass is 10.2. The second kappa shape index (κ2) is 6.53. The van der Waals surface area contributed by atoms with Crippen LogP contribution in [0.4, 0.5) is 5.69 Å². The zero-order valence-electron chi connectivity index (χ0n) is 10.0. The van der Waals surface area contributed by atoms with Crippen molar-refractivity contribution < 1.29 is 9.72 Å². The molecule has 0 spiro atoms. The maximum absolute atomic E-state index is 11.9. The van der Waals surface area contributed by atoms with Gasteiger partial charge in [-0.15, -0.1) is 12.4 Å². The molecule has 102 valence electrons. The molecule has 19 heavy (non-hydrogen) atoms. The summed E-state index contributed by atoms with van der Waals surface area (Å²) < 4.78 is 0. The summed E-state index contributed by atoms with van der Waals surface area (Å²) in [6, 6.07) is 5.62. The molecule has 2 rings (SSSR count). The van der Waals surface area contributed by atoms with Crippen LogP contribution in [0.15, 0.2) is 29.3 Å². The van der Waals surface area contributed by atoms with Gasteiger partial charge >= 0.3 is 0 Å². The Labute approximate surface area is 120 Å². The van der Waals surface area contributed by atoms with Crippen molar-refractivity contribution in [2.75, 3.05) is 6.54 Å². The van der Waals surface area contributed by atoms with E-state index in [1.165, 1.54) is 36.0 Å². The Hall–Kier alpha value is -1.60. The molecule has 1 aromatic carbocycles. The molecule has 0 bridgehead atoms. The zero-order chi connectivity index (χ0) is 13.1. The van der Waals surface area contributed by atoms with Crippen LogP contribution in [0.25, 0.3) is 0 Å². The van der Waals surface area contributed by atoms with E-state index in [9.17, 15) is 14.9 Å². The first kappa shape index (κ1) is 15.5. The molecule has 1 N–H and O–H groups in total. The summed E-state index contributed by atoms with van der Waals surface area (Å²) in [7, 11) is 0. The molecule has 1 aliphatic heterocycles. The van der Waals surface area contributed by atoms with Crippen LogP contribution in [0.3, 0.4) is 0 Å². The molecule has 0 aliphatic carbocycles. The predicted octanol–water partition coefficient (Wildman–Crippen LogP) is 2.24. The van der Waals surface area contributed by atoms with Gasteiger partial charge in [-0.3, -0.25) is 19.9 Å². The first-order valence-corrected chi connectivity index (χ1v) is 6.21. The lowest BCUT2D eigenvalue weighted by Gasteiger charge is -2.04. The molecule has 0 fully saturated rings. The first-order valence-electron chi connectivity index (χ1n) is 5.33. The van der Waals surface area contributed by atoms with Gasteiger partial charge in [0.1, 0.15) is 0 Å². The fraction of sp³-hybridized carbons (Fsp3) is 0.273. The number of nitrogens with zero attached hydrogens (tertiary/aromatic N) is 2. The van der Waals surface area contributed by atoms with Crippen LogP contribution in [0.1, 0.15) is 17.3 Å². The van der Waals surface area contributed by atoms with Gasteiger partial charge in [0, 0.05) is 22.9 Å². The number of carbonyl (C=O) groups is 1. The number of halogens is 1. The van der Waals surface area contributed by atoms with Crippen molar-refractivity contribution in [3.63, 3.8) is 0 Å². The van der Waals surface area contributed by atoms with Gasteiger partial charge in [-0.2, -0.15) is 0 Å². The van der Waals surface area contributed by atoms with Crippen molar-refractivity contribution in [2.45, 2.75) is 12.2 Å². The number of hydrogen-bond donors (Lipinski definition) is 1. The van der Waals surface area contributed by atoms with Crippen LogP contribution in [-0.2, 0) is 0 Å². The van der Waals surface area contributed by atoms with Crippen LogP contribution in [-0.4, -0.2) is 27.8 Å². The van der Waals surface area contributed by atoms with Crippen LogP contribution < -0.4 is 5.32 Å². The van der Waals surface area contributed by atoms with Crippen molar-refractivity contribution in [1.82, 2.24) is 5.32 Å². The number of amidine groups is 1. The minimum atomic E-state index is -0.527. The average molecular weight is 302 g/mol. The molecule has 1 unspecified atom stereocenters. The lowest BCUT2D eigenvalue weighted by Crippen LogP contribution is -2.27. The number of carbonyl (C=O) groups excluding carboxylic acids is 1. The van der Waals surface area contributed by atoms with E-state index in [0.29, 0.717) is 17.0 Å². The van der Waals surface area contributed by atoms with Crippen LogP contribution in [0.5, 0.6) is 0 Å².